The molecule has 1 aromatic carbocycles. The van der Waals surface area contributed by atoms with Crippen molar-refractivity contribution in [3.8, 4) is 0 Å². The second-order valence-corrected chi connectivity index (χ2v) is 8.76. The van der Waals surface area contributed by atoms with Crippen molar-refractivity contribution in [3.63, 3.8) is 0 Å². The van der Waals surface area contributed by atoms with E-state index in [1.807, 2.05) is 0 Å². The van der Waals surface area contributed by atoms with Crippen molar-refractivity contribution in [1.29, 1.82) is 5.41 Å². The molecule has 1 saturated carbocycles. The summed E-state index contributed by atoms with van der Waals surface area (Å²) < 4.78 is 33.6. The summed E-state index contributed by atoms with van der Waals surface area (Å²) in [6, 6.07) is 5.78. The second-order valence-electron chi connectivity index (χ2n) is 7.08. The normalized spacial score (nSPS) is 15.9. The summed E-state index contributed by atoms with van der Waals surface area (Å²) in [7, 11) is -3.95. The first-order valence-corrected chi connectivity index (χ1v) is 10.8. The van der Waals surface area contributed by atoms with Gasteiger partial charge in [-0.1, -0.05) is 19.3 Å². The van der Waals surface area contributed by atoms with Crippen LogP contribution >= 0.6 is 0 Å². The highest BCUT2D eigenvalue weighted by Crippen LogP contribution is 2.24. The molecule has 9 nitrogen and oxygen atoms in total. The molecule has 3 rings (SSSR count). The zero-order valence-electron chi connectivity index (χ0n) is 16.0. The van der Waals surface area contributed by atoms with Gasteiger partial charge in [0.05, 0.1) is 4.90 Å². The van der Waals surface area contributed by atoms with Gasteiger partial charge in [-0.3, -0.25) is 14.7 Å². The van der Waals surface area contributed by atoms with E-state index < -0.39 is 15.9 Å². The summed E-state index contributed by atoms with van der Waals surface area (Å²) >= 11 is 0. The average molecular weight is 420 g/mol. The zero-order chi connectivity index (χ0) is 21.0. The Morgan fingerprint density at radius 1 is 1.24 bits per heavy atom. The lowest BCUT2D eigenvalue weighted by Gasteiger charge is -2.25. The summed E-state index contributed by atoms with van der Waals surface area (Å²) in [4.78, 5) is 11.4. The van der Waals surface area contributed by atoms with Crippen molar-refractivity contribution in [2.24, 2.45) is 0 Å². The molecule has 156 valence electrons. The van der Waals surface area contributed by atoms with E-state index in [9.17, 15) is 13.2 Å². The van der Waals surface area contributed by atoms with Crippen molar-refractivity contribution in [2.45, 2.75) is 50.0 Å². The lowest BCUT2D eigenvalue weighted by Crippen LogP contribution is -2.38. The van der Waals surface area contributed by atoms with E-state index in [-0.39, 0.29) is 33.8 Å². The molecule has 0 spiro atoms. The topological polar surface area (TPSA) is 145 Å². The highest BCUT2D eigenvalue weighted by Gasteiger charge is 2.21. The van der Waals surface area contributed by atoms with E-state index in [1.165, 1.54) is 42.2 Å². The zero-order valence-corrected chi connectivity index (χ0v) is 16.8. The number of hydrogen-bond donors (Lipinski definition) is 5. The lowest BCUT2D eigenvalue weighted by atomic mass is 9.95. The largest absolute Gasteiger partial charge is 0.451 e. The van der Waals surface area contributed by atoms with Crippen LogP contribution in [0, 0.1) is 5.41 Å². The number of amides is 1. The summed E-state index contributed by atoms with van der Waals surface area (Å²) in [5.74, 6) is -0.708. The van der Waals surface area contributed by atoms with Crippen LogP contribution in [0.3, 0.4) is 0 Å². The Bertz CT molecular complexity index is 1050. The van der Waals surface area contributed by atoms with Gasteiger partial charge in [-0.25, -0.2) is 13.9 Å². The first-order valence-electron chi connectivity index (χ1n) is 9.33. The van der Waals surface area contributed by atoms with E-state index in [0.29, 0.717) is 5.39 Å². The van der Waals surface area contributed by atoms with Gasteiger partial charge in [0.15, 0.2) is 5.76 Å². The molecule has 0 radical (unpaired) electrons. The van der Waals surface area contributed by atoms with E-state index >= 15 is 0 Å². The Hall–Kier alpha value is -2.85. The van der Waals surface area contributed by atoms with Gasteiger partial charge >= 0.3 is 5.91 Å². The van der Waals surface area contributed by atoms with Crippen LogP contribution in [-0.4, -0.2) is 31.3 Å². The average Bonchev–Trinajstić information content (AvgIpc) is 3.10. The molecule has 5 N–H and O–H groups in total. The summed E-state index contributed by atoms with van der Waals surface area (Å²) in [5.41, 5.74) is 1.88. The van der Waals surface area contributed by atoms with Crippen molar-refractivity contribution in [2.75, 3.05) is 0 Å². The SMILES string of the molecule is CC(=N)/C=C(\NC1CCCCC1)NS(=O)(=O)c1ccc2cc(C(=O)NO)oc2c1. The number of nitrogens with one attached hydrogen (secondary N) is 4. The highest BCUT2D eigenvalue weighted by atomic mass is 32.2. The molecule has 1 amide bonds. The van der Waals surface area contributed by atoms with Crippen molar-refractivity contribution >= 4 is 32.6 Å². The maximum atomic E-state index is 12.9. The van der Waals surface area contributed by atoms with Crippen LogP contribution in [0.1, 0.15) is 49.6 Å². The molecule has 1 aliphatic carbocycles. The lowest BCUT2D eigenvalue weighted by molar-refractivity contribution is 0.0678. The predicted molar refractivity (Wildman–Crippen MR) is 107 cm³/mol. The van der Waals surface area contributed by atoms with Crippen LogP contribution in [0.5, 0.6) is 0 Å². The molecule has 0 bridgehead atoms. The summed E-state index contributed by atoms with van der Waals surface area (Å²) in [6.45, 7) is 1.57. The number of rotatable bonds is 7. The molecular formula is C19H24N4O5S. The molecule has 0 atom stereocenters. The molecule has 1 aromatic heterocycles. The van der Waals surface area contributed by atoms with Crippen LogP contribution in [-0.2, 0) is 10.0 Å². The first kappa shape index (κ1) is 20.9. The molecular weight excluding hydrogens is 396 g/mol. The van der Waals surface area contributed by atoms with Gasteiger partial charge in [0.2, 0.25) is 0 Å². The van der Waals surface area contributed by atoms with Crippen LogP contribution < -0.4 is 15.5 Å². The van der Waals surface area contributed by atoms with Crippen molar-refractivity contribution < 1.29 is 22.8 Å². The fourth-order valence-corrected chi connectivity index (χ4v) is 4.37. The van der Waals surface area contributed by atoms with E-state index in [1.54, 1.807) is 6.92 Å². The highest BCUT2D eigenvalue weighted by molar-refractivity contribution is 7.89. The van der Waals surface area contributed by atoms with Gasteiger partial charge in [0, 0.05) is 23.2 Å². The molecule has 0 aliphatic heterocycles. The quantitative estimate of drug-likeness (QED) is 0.264. The smallest absolute Gasteiger partial charge is 0.310 e. The molecule has 0 saturated heterocycles. The van der Waals surface area contributed by atoms with Crippen LogP contribution in [0.2, 0.25) is 0 Å². The van der Waals surface area contributed by atoms with Gasteiger partial charge in [-0.2, -0.15) is 0 Å². The minimum absolute atomic E-state index is 0.0470. The Balaban J connectivity index is 1.85. The number of furan rings is 1. The Morgan fingerprint density at radius 3 is 2.62 bits per heavy atom. The van der Waals surface area contributed by atoms with Gasteiger partial charge in [-0.15, -0.1) is 0 Å². The third-order valence-corrected chi connectivity index (χ3v) is 6.06. The first-order chi connectivity index (χ1) is 13.8. The number of sulfonamides is 1. The van der Waals surface area contributed by atoms with Crippen LogP contribution in [0.25, 0.3) is 11.0 Å². The summed E-state index contributed by atoms with van der Waals surface area (Å²) in [6.07, 6.45) is 6.68. The molecule has 29 heavy (non-hydrogen) atoms. The van der Waals surface area contributed by atoms with E-state index in [2.05, 4.69) is 10.0 Å². The number of carbonyl (C=O) groups excluding carboxylic acids is 1. The molecule has 1 heterocycles. The number of allylic oxidation sites excluding steroid dienone is 1. The number of benzene rings is 1. The fourth-order valence-electron chi connectivity index (χ4n) is 3.33. The van der Waals surface area contributed by atoms with Gasteiger partial charge in [0.1, 0.15) is 11.4 Å². The van der Waals surface area contributed by atoms with E-state index in [4.69, 9.17) is 15.0 Å². The standard InChI is InChI=1S/C19H24N4O5S/c1-12(20)9-18(21-14-5-3-2-4-6-14)23-29(26,27)15-8-7-13-10-17(19(24)22-25)28-16(13)11-15/h7-11,14,20-21,23,25H,2-6H2,1H3,(H,22,24)/b18-9+,20-12?. The number of hydrogen-bond acceptors (Lipinski definition) is 7. The third-order valence-electron chi connectivity index (χ3n) is 4.70. The summed E-state index contributed by atoms with van der Waals surface area (Å²) in [5, 5.41) is 20.1. The monoisotopic (exact) mass is 420 g/mol. The van der Waals surface area contributed by atoms with Crippen molar-refractivity contribution in [1.82, 2.24) is 15.5 Å². The molecule has 1 aliphatic rings. The fraction of sp³-hybridized carbons (Fsp3) is 0.368. The Kier molecular flexibility index (Phi) is 6.23. The third kappa shape index (κ3) is 5.15. The van der Waals surface area contributed by atoms with Gasteiger partial charge in [-0.05, 0) is 44.0 Å². The molecule has 0 unspecified atom stereocenters. The van der Waals surface area contributed by atoms with Crippen LogP contribution in [0.15, 0.2) is 45.5 Å². The van der Waals surface area contributed by atoms with Crippen molar-refractivity contribution in [3.05, 3.63) is 41.9 Å². The minimum Gasteiger partial charge on any atom is -0.451 e. The Morgan fingerprint density at radius 2 is 1.97 bits per heavy atom. The number of carbonyl (C=O) groups is 1. The second kappa shape index (κ2) is 8.66. The van der Waals surface area contributed by atoms with Gasteiger partial charge in [0.25, 0.3) is 10.0 Å². The van der Waals surface area contributed by atoms with E-state index in [0.717, 1.165) is 25.7 Å². The van der Waals surface area contributed by atoms with Crippen LogP contribution in [0.4, 0.5) is 0 Å². The molecule has 2 aromatic rings. The number of fused-ring (bicyclic) bond motifs is 1. The predicted octanol–water partition coefficient (Wildman–Crippen LogP) is 2.63. The van der Waals surface area contributed by atoms with Gasteiger partial charge < -0.3 is 15.1 Å². The maximum Gasteiger partial charge on any atom is 0.310 e. The number of hydroxylamine groups is 1. The maximum absolute atomic E-state index is 12.9. The Labute approximate surface area is 168 Å². The molecule has 1 fully saturated rings. The molecule has 10 heteroatoms. The minimum atomic E-state index is -3.95.